The molecule has 3 aliphatic rings. The first-order valence-electron chi connectivity index (χ1n) is 21.5. The van der Waals surface area contributed by atoms with Crippen LogP contribution >= 0.6 is 64.8 Å². The molecule has 3 unspecified atom stereocenters. The predicted molar refractivity (Wildman–Crippen MR) is 256 cm³/mol. The van der Waals surface area contributed by atoms with E-state index in [0.717, 1.165) is 54.3 Å². The molecule has 0 aromatic rings. The fourth-order valence-electron chi connectivity index (χ4n) is 5.41. The average molecular weight is 987 g/mol. The summed E-state index contributed by atoms with van der Waals surface area (Å²) in [4.78, 5) is 33.6. The molecule has 362 valence electrons. The van der Waals surface area contributed by atoms with Gasteiger partial charge in [0.1, 0.15) is 13.2 Å². The van der Waals surface area contributed by atoms with Gasteiger partial charge in [0, 0.05) is 52.3 Å². The summed E-state index contributed by atoms with van der Waals surface area (Å²) in [6.07, 6.45) is 14.7. The van der Waals surface area contributed by atoms with E-state index in [-0.39, 0.29) is 45.8 Å². The molecule has 3 N–H and O–H groups in total. The number of ether oxygens (including phenoxy) is 8. The van der Waals surface area contributed by atoms with Crippen molar-refractivity contribution >= 4 is 82.7 Å². The molecule has 0 aromatic heterocycles. The first-order valence-corrected chi connectivity index (χ1v) is 28.6. The summed E-state index contributed by atoms with van der Waals surface area (Å²) in [6, 6.07) is 0. The number of esters is 2. The average Bonchev–Trinajstić information content (AvgIpc) is 4.07. The summed E-state index contributed by atoms with van der Waals surface area (Å²) in [5.74, 6) is 2.85. The fourth-order valence-corrected chi connectivity index (χ4v) is 14.5. The molecule has 3 heterocycles. The van der Waals surface area contributed by atoms with Gasteiger partial charge in [0.15, 0.2) is 0 Å². The largest absolute Gasteiger partial charge is 0.481 e. The van der Waals surface area contributed by atoms with Crippen molar-refractivity contribution in [1.29, 1.82) is 0 Å². The van der Waals surface area contributed by atoms with Crippen molar-refractivity contribution in [3.63, 3.8) is 0 Å². The molecule has 3 aliphatic heterocycles. The van der Waals surface area contributed by atoms with Crippen molar-refractivity contribution in [2.45, 2.75) is 119 Å². The first kappa shape index (κ1) is 61.2. The molecule has 0 saturated carbocycles. The number of aliphatic carboxylic acids is 1. The number of aliphatic hydroxyl groups is 2. The van der Waals surface area contributed by atoms with Gasteiger partial charge in [-0.05, 0) is 57.8 Å². The number of carbonyl (C=O) groups is 3. The highest BCUT2D eigenvalue weighted by molar-refractivity contribution is 8.78. The molecule has 3 rings (SSSR count). The standard InChI is InChI=1S/C24H42O7S4.C8H18O5.C8H14O2S2.CH4/c25-23(7-3-1-5-21-9-19-32-34-21)30-17-15-28-13-11-27-12-14-29-16-18-31-24(26)8-4-2-6-22-10-20-33-35-22;9-1-3-11-5-7-13-8-6-12-4-2-10;9-8(10)4-2-1-3-7-5-6-11-12-7;/h21-22H,1-20H2;9-10H,1-8H2;7H,1-6H2,(H,9,10);1H4. The summed E-state index contributed by atoms with van der Waals surface area (Å²) in [5.41, 5.74) is 0. The number of rotatable bonds is 37. The normalized spacial score (nSPS) is 18.1. The second kappa shape index (κ2) is 48.1. The van der Waals surface area contributed by atoms with Gasteiger partial charge in [0.05, 0.1) is 92.5 Å². The lowest BCUT2D eigenvalue weighted by atomic mass is 10.1. The zero-order valence-electron chi connectivity index (χ0n) is 35.6. The molecule has 0 aromatic carbocycles. The van der Waals surface area contributed by atoms with Gasteiger partial charge in [-0.1, -0.05) is 91.5 Å². The second-order valence-corrected chi connectivity index (χ2v) is 22.0. The van der Waals surface area contributed by atoms with Gasteiger partial charge in [0.2, 0.25) is 0 Å². The Hall–Kier alpha value is 0.190. The van der Waals surface area contributed by atoms with Gasteiger partial charge < -0.3 is 53.2 Å². The topological polar surface area (TPSA) is 186 Å². The molecule has 0 spiro atoms. The fraction of sp³-hybridized carbons (Fsp3) is 0.927. The van der Waals surface area contributed by atoms with E-state index >= 15 is 0 Å². The minimum Gasteiger partial charge on any atom is -0.481 e. The van der Waals surface area contributed by atoms with Crippen LogP contribution in [0.3, 0.4) is 0 Å². The molecular weight excluding hydrogens is 909 g/mol. The van der Waals surface area contributed by atoms with Crippen LogP contribution in [-0.2, 0) is 52.3 Å². The van der Waals surface area contributed by atoms with E-state index in [9.17, 15) is 14.4 Å². The highest BCUT2D eigenvalue weighted by Crippen LogP contribution is 2.41. The zero-order valence-corrected chi connectivity index (χ0v) is 40.5. The van der Waals surface area contributed by atoms with E-state index in [1.807, 2.05) is 64.8 Å². The van der Waals surface area contributed by atoms with Crippen molar-refractivity contribution in [3.8, 4) is 0 Å². The Kier molecular flexibility index (Phi) is 48.3. The van der Waals surface area contributed by atoms with Gasteiger partial charge in [-0.25, -0.2) is 0 Å². The number of carbonyl (C=O) groups excluding carboxylic acids is 2. The second-order valence-electron chi connectivity index (χ2n) is 13.7. The van der Waals surface area contributed by atoms with Gasteiger partial charge in [0.25, 0.3) is 0 Å². The zero-order chi connectivity index (χ0) is 43.4. The summed E-state index contributed by atoms with van der Waals surface area (Å²) >= 11 is 0. The van der Waals surface area contributed by atoms with Crippen molar-refractivity contribution in [2.24, 2.45) is 0 Å². The Morgan fingerprint density at radius 1 is 0.426 bits per heavy atom. The summed E-state index contributed by atoms with van der Waals surface area (Å²) < 4.78 is 41.7. The molecule has 0 radical (unpaired) electrons. The lowest BCUT2D eigenvalue weighted by Crippen LogP contribution is -2.15. The predicted octanol–water partition coefficient (Wildman–Crippen LogP) is 7.99. The number of hydrogen-bond acceptors (Lipinski definition) is 19. The van der Waals surface area contributed by atoms with E-state index in [0.29, 0.717) is 98.5 Å². The third kappa shape index (κ3) is 43.8. The Balaban J connectivity index is 0.00000113. The molecule has 0 bridgehead atoms. The van der Waals surface area contributed by atoms with Gasteiger partial charge in [-0.2, -0.15) is 0 Å². The molecule has 3 saturated heterocycles. The van der Waals surface area contributed by atoms with Crippen LogP contribution < -0.4 is 0 Å². The van der Waals surface area contributed by atoms with Crippen LogP contribution in [0, 0.1) is 0 Å². The van der Waals surface area contributed by atoms with Crippen LogP contribution in [0.2, 0.25) is 0 Å². The SMILES string of the molecule is C.O=C(CCCCC1CCSS1)OCCOCCOCCOCCOC(=O)CCCCC1CCSS1.O=C(O)CCCCC1CCSS1.OCCOCCOCCOCCO. The molecule has 3 atom stereocenters. The molecule has 0 amide bonds. The molecule has 14 nitrogen and oxygen atoms in total. The van der Waals surface area contributed by atoms with Crippen molar-refractivity contribution in [3.05, 3.63) is 0 Å². The van der Waals surface area contributed by atoms with E-state index in [1.54, 1.807) is 0 Å². The van der Waals surface area contributed by atoms with Gasteiger partial charge in [-0.3, -0.25) is 14.4 Å². The third-order valence-corrected chi connectivity index (χ3v) is 17.6. The lowest BCUT2D eigenvalue weighted by Gasteiger charge is -2.09. The van der Waals surface area contributed by atoms with Crippen molar-refractivity contribution in [1.82, 2.24) is 0 Å². The molecule has 0 aliphatic carbocycles. The van der Waals surface area contributed by atoms with Crippen molar-refractivity contribution < 1.29 is 67.6 Å². The molecule has 3 fully saturated rings. The molecular formula is C41H78O14S6. The van der Waals surface area contributed by atoms with Crippen LogP contribution in [-0.4, -0.2) is 172 Å². The Morgan fingerprint density at radius 3 is 1.00 bits per heavy atom. The minimum atomic E-state index is -0.663. The van der Waals surface area contributed by atoms with Crippen LogP contribution in [0.25, 0.3) is 0 Å². The summed E-state index contributed by atoms with van der Waals surface area (Å²) in [7, 11) is 11.8. The highest BCUT2D eigenvalue weighted by Gasteiger charge is 2.18. The minimum absolute atomic E-state index is 0. The molecule has 20 heteroatoms. The maximum absolute atomic E-state index is 11.7. The van der Waals surface area contributed by atoms with Crippen LogP contribution in [0.5, 0.6) is 0 Å². The Labute approximate surface area is 390 Å². The lowest BCUT2D eigenvalue weighted by molar-refractivity contribution is -0.146. The quantitative estimate of drug-likeness (QED) is 0.0309. The third-order valence-electron chi connectivity index (χ3n) is 8.60. The Bertz CT molecular complexity index is 922. The highest BCUT2D eigenvalue weighted by atomic mass is 33.1. The number of unbranched alkanes of at least 4 members (excludes halogenated alkanes) is 3. The number of carboxylic acids is 1. The van der Waals surface area contributed by atoms with Crippen LogP contribution in [0.15, 0.2) is 0 Å². The van der Waals surface area contributed by atoms with E-state index in [1.165, 1.54) is 55.8 Å². The number of hydrogen-bond donors (Lipinski definition) is 3. The summed E-state index contributed by atoms with van der Waals surface area (Å²) in [6.45, 7) is 5.92. The van der Waals surface area contributed by atoms with Crippen molar-refractivity contribution in [2.75, 3.05) is 123 Å². The molecule has 61 heavy (non-hydrogen) atoms. The van der Waals surface area contributed by atoms with Gasteiger partial charge >= 0.3 is 17.9 Å². The monoisotopic (exact) mass is 986 g/mol. The maximum atomic E-state index is 11.7. The van der Waals surface area contributed by atoms with E-state index < -0.39 is 5.97 Å². The summed E-state index contributed by atoms with van der Waals surface area (Å²) in [5, 5.41) is 27.4. The number of aliphatic hydroxyl groups excluding tert-OH is 2. The first-order chi connectivity index (χ1) is 29.4. The number of carboxylic acid groups (broad SMARTS) is 1. The van der Waals surface area contributed by atoms with Crippen LogP contribution in [0.4, 0.5) is 0 Å². The van der Waals surface area contributed by atoms with E-state index in [2.05, 4.69) is 0 Å². The van der Waals surface area contributed by atoms with Crippen LogP contribution in [0.1, 0.15) is 104 Å². The van der Waals surface area contributed by atoms with E-state index in [4.69, 9.17) is 53.2 Å². The van der Waals surface area contributed by atoms with Gasteiger partial charge in [-0.15, -0.1) is 0 Å². The smallest absolute Gasteiger partial charge is 0.305 e. The maximum Gasteiger partial charge on any atom is 0.305 e. The Morgan fingerprint density at radius 2 is 0.721 bits per heavy atom.